The number of fused-ring (bicyclic) bond motifs is 5. The van der Waals surface area contributed by atoms with E-state index in [-0.39, 0.29) is 47.5 Å². The Kier molecular flexibility index (Phi) is 4.97. The molecule has 2 heterocycles. The first-order valence-electron chi connectivity index (χ1n) is 20.1. The first-order valence-corrected chi connectivity index (χ1v) is 16.4. The van der Waals surface area contributed by atoms with Gasteiger partial charge in [-0.3, -0.25) is 0 Å². The van der Waals surface area contributed by atoms with Gasteiger partial charge in [0.2, 0.25) is 0 Å². The van der Waals surface area contributed by atoms with Gasteiger partial charge in [-0.15, -0.1) is 11.3 Å². The summed E-state index contributed by atoms with van der Waals surface area (Å²) in [5.74, 6) is 0. The lowest BCUT2D eigenvalue weighted by Gasteiger charge is -2.26. The number of rotatable bonds is 6. The van der Waals surface area contributed by atoms with Crippen LogP contribution in [0.15, 0.2) is 176 Å². The lowest BCUT2D eigenvalue weighted by molar-refractivity contribution is 1.19. The third-order valence-electron chi connectivity index (χ3n) is 8.61. The zero-order valence-corrected chi connectivity index (χ0v) is 26.7. The second-order valence-electron chi connectivity index (χ2n) is 11.6. The van der Waals surface area contributed by atoms with E-state index in [1.54, 1.807) is 47.4 Å². The van der Waals surface area contributed by atoms with Crippen molar-refractivity contribution in [1.82, 2.24) is 4.57 Å². The van der Waals surface area contributed by atoms with Crippen LogP contribution in [-0.4, -0.2) is 4.57 Å². The van der Waals surface area contributed by atoms with E-state index in [2.05, 4.69) is 53.1 Å². The normalized spacial score (nSPS) is 14.1. The molecule has 0 saturated heterocycles. The molecule has 48 heavy (non-hydrogen) atoms. The average Bonchev–Trinajstić information content (AvgIpc) is 3.78. The Morgan fingerprint density at radius 3 is 2.19 bits per heavy atom. The van der Waals surface area contributed by atoms with Gasteiger partial charge in [-0.1, -0.05) is 127 Å². The van der Waals surface area contributed by atoms with Gasteiger partial charge in [-0.25, -0.2) is 0 Å². The van der Waals surface area contributed by atoms with Crippen LogP contribution in [0, 0.1) is 6.92 Å². The first-order chi connectivity index (χ1) is 27.5. The van der Waals surface area contributed by atoms with E-state index in [0.29, 0.717) is 22.5 Å². The molecule has 0 N–H and O–H groups in total. The van der Waals surface area contributed by atoms with E-state index in [1.807, 2.05) is 48.5 Å². The summed E-state index contributed by atoms with van der Waals surface area (Å²) in [7, 11) is 0. The molecule has 2 aromatic heterocycles. The lowest BCUT2D eigenvalue weighted by Crippen LogP contribution is -2.09. The predicted octanol–water partition coefficient (Wildman–Crippen LogP) is 13.1. The summed E-state index contributed by atoms with van der Waals surface area (Å²) < 4.78 is 81.6. The third-order valence-corrected chi connectivity index (χ3v) is 9.87. The topological polar surface area (TPSA) is 8.17 Å². The molecule has 0 fully saturated rings. The highest BCUT2D eigenvalue weighted by atomic mass is 32.1. The van der Waals surface area contributed by atoms with E-state index in [0.717, 1.165) is 43.3 Å². The van der Waals surface area contributed by atoms with Crippen molar-refractivity contribution in [3.63, 3.8) is 0 Å². The number of para-hydroxylation sites is 3. The van der Waals surface area contributed by atoms with Crippen LogP contribution >= 0.6 is 11.3 Å². The minimum absolute atomic E-state index is 0.00645. The summed E-state index contributed by atoms with van der Waals surface area (Å²) >= 11 is 1.73. The summed E-state index contributed by atoms with van der Waals surface area (Å²) in [5, 5.41) is 2.26. The summed E-state index contributed by atoms with van der Waals surface area (Å²) in [4.78, 5) is 1.65. The Bertz CT molecular complexity index is 3020. The van der Waals surface area contributed by atoms with Crippen LogP contribution in [0.3, 0.4) is 0 Å². The molecule has 7 aromatic carbocycles. The fraction of sp³-hybridized carbons (Fsp3) is 0.0222. The van der Waals surface area contributed by atoms with Gasteiger partial charge >= 0.3 is 0 Å². The maximum Gasteiger partial charge on any atom is 0.0727 e. The highest BCUT2D eigenvalue weighted by Gasteiger charge is 2.20. The van der Waals surface area contributed by atoms with Crippen LogP contribution in [0.5, 0.6) is 0 Å². The summed E-state index contributed by atoms with van der Waals surface area (Å²) in [6.07, 6.45) is 0. The molecule has 0 saturated carbocycles. The molecule has 9 rings (SSSR count). The number of hydrogen-bond donors (Lipinski definition) is 0. The zero-order valence-electron chi connectivity index (χ0n) is 34.8. The van der Waals surface area contributed by atoms with Gasteiger partial charge in [0.05, 0.1) is 28.1 Å². The molecule has 0 unspecified atom stereocenters. The minimum atomic E-state index is -0.494. The molecule has 3 heteroatoms. The minimum Gasteiger partial charge on any atom is -0.310 e. The molecule has 2 nitrogen and oxygen atoms in total. The Labute approximate surface area is 297 Å². The van der Waals surface area contributed by atoms with Crippen LogP contribution in [0.1, 0.15) is 17.9 Å². The van der Waals surface area contributed by atoms with Gasteiger partial charge in [-0.05, 0) is 83.7 Å². The highest BCUT2D eigenvalue weighted by Crippen LogP contribution is 2.46. The van der Waals surface area contributed by atoms with Gasteiger partial charge in [-0.2, -0.15) is 0 Å². The molecular weight excluding hydrogens is 601 g/mol. The Balaban J connectivity index is 1.24. The Morgan fingerprint density at radius 2 is 1.33 bits per heavy atom. The van der Waals surface area contributed by atoms with E-state index < -0.39 is 18.1 Å². The van der Waals surface area contributed by atoms with Gasteiger partial charge in [0.1, 0.15) is 0 Å². The van der Waals surface area contributed by atoms with E-state index >= 15 is 0 Å². The Morgan fingerprint density at radius 1 is 0.562 bits per heavy atom. The van der Waals surface area contributed by atoms with Crippen LogP contribution < -0.4 is 4.90 Å². The molecule has 0 aliphatic rings. The summed E-state index contributed by atoms with van der Waals surface area (Å²) in [5.41, 5.74) is 7.20. The summed E-state index contributed by atoms with van der Waals surface area (Å²) in [6.45, 7) is 1.59. The van der Waals surface area contributed by atoms with Gasteiger partial charge in [0.25, 0.3) is 0 Å². The Hall–Kier alpha value is -5.90. The number of aromatic nitrogens is 1. The second-order valence-corrected chi connectivity index (χ2v) is 12.6. The zero-order chi connectivity index (χ0) is 39.9. The van der Waals surface area contributed by atoms with Gasteiger partial charge in [0, 0.05) is 38.2 Å². The average molecular weight is 642 g/mol. The van der Waals surface area contributed by atoms with Crippen molar-refractivity contribution >= 4 is 59.6 Å². The quantitative estimate of drug-likeness (QED) is 0.175. The van der Waals surface area contributed by atoms with Crippen molar-refractivity contribution in [1.29, 1.82) is 0 Å². The van der Waals surface area contributed by atoms with Crippen molar-refractivity contribution in [2.75, 3.05) is 4.90 Å². The second kappa shape index (κ2) is 11.7. The number of thiophene rings is 1. The molecule has 0 atom stereocenters. The molecule has 0 spiro atoms. The standard InChI is InChI=1S/C45H32N2S/c1-31-13-10-14-33(29-31)32-25-27-37(28-26-32)46(35-16-4-2-5-17-35)38-20-11-15-34(30-38)39-22-12-23-41-43-45(48-44(39)41)40-21-8-9-24-42(40)47(43)36-18-6-3-7-19-36/h2-30H,1H3/i2D,4D,5D,10D,13D,14D,16D,17D,29D. The molecular formula is C45H32N2S. The van der Waals surface area contributed by atoms with E-state index in [1.165, 1.54) is 4.70 Å². The number of hydrogen-bond acceptors (Lipinski definition) is 2. The SMILES string of the molecule is [2H]c1c([2H])c([2H])c(N(c2ccc(-c3c([2H])c([2H])c([2H])c(C)c3[2H])cc2)c2cccc(-c3cccc4c3sc3c5ccccc5n(-c5ccccc5)c43)c2)c([2H])c1[2H]. The van der Waals surface area contributed by atoms with Crippen molar-refractivity contribution in [2.24, 2.45) is 0 Å². The highest BCUT2D eigenvalue weighted by molar-refractivity contribution is 7.27. The van der Waals surface area contributed by atoms with Crippen molar-refractivity contribution in [3.8, 4) is 27.9 Å². The van der Waals surface area contributed by atoms with Crippen LogP contribution in [-0.2, 0) is 0 Å². The monoisotopic (exact) mass is 641 g/mol. The molecule has 0 radical (unpaired) electrons. The van der Waals surface area contributed by atoms with Crippen LogP contribution in [0.4, 0.5) is 17.1 Å². The fourth-order valence-corrected chi connectivity index (χ4v) is 7.85. The maximum absolute atomic E-state index is 8.99. The molecule has 228 valence electrons. The number of nitrogens with zero attached hydrogens (tertiary/aromatic N) is 2. The van der Waals surface area contributed by atoms with Gasteiger partial charge < -0.3 is 9.47 Å². The molecule has 0 amide bonds. The van der Waals surface area contributed by atoms with E-state index in [4.69, 9.17) is 12.3 Å². The fourth-order valence-electron chi connectivity index (χ4n) is 6.50. The van der Waals surface area contributed by atoms with Gasteiger partial charge in [0.15, 0.2) is 0 Å². The molecule has 0 aliphatic carbocycles. The lowest BCUT2D eigenvalue weighted by atomic mass is 10.0. The van der Waals surface area contributed by atoms with Crippen LogP contribution in [0.2, 0.25) is 0 Å². The van der Waals surface area contributed by atoms with Crippen molar-refractivity contribution < 1.29 is 12.3 Å². The van der Waals surface area contributed by atoms with Crippen molar-refractivity contribution in [2.45, 2.75) is 6.92 Å². The molecule has 9 aromatic rings. The summed E-state index contributed by atoms with van der Waals surface area (Å²) in [6, 6.07) is 36.8. The smallest absolute Gasteiger partial charge is 0.0727 e. The molecule has 0 aliphatic heterocycles. The third kappa shape index (κ3) is 4.79. The predicted molar refractivity (Wildman–Crippen MR) is 206 cm³/mol. The van der Waals surface area contributed by atoms with Crippen molar-refractivity contribution in [3.05, 3.63) is 181 Å². The maximum atomic E-state index is 8.99. The number of benzene rings is 7. The van der Waals surface area contributed by atoms with E-state index in [9.17, 15) is 0 Å². The largest absolute Gasteiger partial charge is 0.310 e. The van der Waals surface area contributed by atoms with Crippen LogP contribution in [0.25, 0.3) is 59.1 Å². The number of anilines is 3. The first kappa shape index (κ1) is 20.4. The molecule has 0 bridgehead atoms.